The SMILES string of the molecule is C#Cc1ccc(C(=O)NC(C(=O)Nc2ccc(N3CCOCC3=O)c(C)c2)c2cccnc2)s1. The predicted molar refractivity (Wildman–Crippen MR) is 130 cm³/mol. The molecular weight excluding hydrogens is 452 g/mol. The minimum absolute atomic E-state index is 0.0531. The number of nitrogens with one attached hydrogen (secondary N) is 2. The molecule has 0 aliphatic carbocycles. The Labute approximate surface area is 201 Å². The molecule has 1 aromatic carbocycles. The summed E-state index contributed by atoms with van der Waals surface area (Å²) in [6, 6.07) is 11.1. The van der Waals surface area contributed by atoms with E-state index in [9.17, 15) is 14.4 Å². The molecule has 0 bridgehead atoms. The lowest BCUT2D eigenvalue weighted by molar-refractivity contribution is -0.125. The maximum absolute atomic E-state index is 13.2. The molecule has 34 heavy (non-hydrogen) atoms. The summed E-state index contributed by atoms with van der Waals surface area (Å²) in [5, 5.41) is 5.63. The molecule has 172 valence electrons. The minimum atomic E-state index is -0.974. The van der Waals surface area contributed by atoms with Gasteiger partial charge in [-0.3, -0.25) is 19.4 Å². The number of thiophene rings is 1. The van der Waals surface area contributed by atoms with Crippen molar-refractivity contribution in [1.29, 1.82) is 0 Å². The molecule has 1 fully saturated rings. The summed E-state index contributed by atoms with van der Waals surface area (Å²) in [5.74, 6) is 1.56. The fourth-order valence-electron chi connectivity index (χ4n) is 3.61. The lowest BCUT2D eigenvalue weighted by atomic mass is 10.1. The van der Waals surface area contributed by atoms with E-state index in [1.54, 1.807) is 53.6 Å². The first-order chi connectivity index (χ1) is 16.5. The van der Waals surface area contributed by atoms with Gasteiger partial charge in [-0.1, -0.05) is 12.0 Å². The van der Waals surface area contributed by atoms with Crippen molar-refractivity contribution < 1.29 is 19.1 Å². The first kappa shape index (κ1) is 23.2. The number of terminal acetylenes is 1. The van der Waals surface area contributed by atoms with Crippen molar-refractivity contribution in [3.8, 4) is 12.3 Å². The summed E-state index contributed by atoms with van der Waals surface area (Å²) in [5.41, 5.74) is 2.68. The summed E-state index contributed by atoms with van der Waals surface area (Å²) >= 11 is 1.17. The molecule has 2 aromatic heterocycles. The summed E-state index contributed by atoms with van der Waals surface area (Å²) in [7, 11) is 0. The normalized spacial score (nSPS) is 14.2. The molecule has 3 amide bonds. The Morgan fingerprint density at radius 1 is 1.26 bits per heavy atom. The smallest absolute Gasteiger partial charge is 0.262 e. The number of nitrogens with zero attached hydrogens (tertiary/aromatic N) is 2. The van der Waals surface area contributed by atoms with Gasteiger partial charge in [0.2, 0.25) is 0 Å². The van der Waals surface area contributed by atoms with Gasteiger partial charge in [-0.15, -0.1) is 17.8 Å². The zero-order valence-electron chi connectivity index (χ0n) is 18.4. The summed E-state index contributed by atoms with van der Waals surface area (Å²) < 4.78 is 5.19. The van der Waals surface area contributed by atoms with E-state index in [1.807, 2.05) is 6.92 Å². The van der Waals surface area contributed by atoms with Gasteiger partial charge in [-0.2, -0.15) is 0 Å². The zero-order chi connectivity index (χ0) is 24.1. The van der Waals surface area contributed by atoms with Gasteiger partial charge in [0, 0.05) is 35.9 Å². The summed E-state index contributed by atoms with van der Waals surface area (Å²) in [4.78, 5) is 45.0. The van der Waals surface area contributed by atoms with E-state index in [2.05, 4.69) is 21.5 Å². The molecule has 8 nitrogen and oxygen atoms in total. The van der Waals surface area contributed by atoms with Crippen molar-refractivity contribution in [3.63, 3.8) is 0 Å². The van der Waals surface area contributed by atoms with Gasteiger partial charge >= 0.3 is 0 Å². The fourth-order valence-corrected chi connectivity index (χ4v) is 4.33. The Balaban J connectivity index is 1.53. The van der Waals surface area contributed by atoms with E-state index in [-0.39, 0.29) is 12.5 Å². The number of carbonyl (C=O) groups excluding carboxylic acids is 3. The van der Waals surface area contributed by atoms with E-state index in [0.717, 1.165) is 11.3 Å². The lowest BCUT2D eigenvalue weighted by Gasteiger charge is -2.28. The van der Waals surface area contributed by atoms with Crippen molar-refractivity contribution in [3.05, 3.63) is 75.7 Å². The molecule has 3 heterocycles. The number of benzene rings is 1. The molecule has 0 radical (unpaired) electrons. The van der Waals surface area contributed by atoms with Gasteiger partial charge < -0.3 is 20.3 Å². The molecule has 9 heteroatoms. The molecular formula is C25H22N4O4S. The fraction of sp³-hybridized carbons (Fsp3) is 0.200. The number of aryl methyl sites for hydroxylation is 1. The van der Waals surface area contributed by atoms with E-state index >= 15 is 0 Å². The number of hydrogen-bond donors (Lipinski definition) is 2. The minimum Gasteiger partial charge on any atom is -0.370 e. The number of aromatic nitrogens is 1. The van der Waals surface area contributed by atoms with Crippen LogP contribution in [-0.4, -0.2) is 42.5 Å². The number of amides is 3. The van der Waals surface area contributed by atoms with Crippen LogP contribution in [0.5, 0.6) is 0 Å². The summed E-state index contributed by atoms with van der Waals surface area (Å²) in [6.07, 6.45) is 8.52. The van der Waals surface area contributed by atoms with Crippen LogP contribution in [-0.2, 0) is 14.3 Å². The Hall–Kier alpha value is -4.00. The average molecular weight is 475 g/mol. The van der Waals surface area contributed by atoms with Crippen LogP contribution in [0.2, 0.25) is 0 Å². The number of pyridine rings is 1. The topological polar surface area (TPSA) is 101 Å². The number of hydrogen-bond acceptors (Lipinski definition) is 6. The molecule has 0 saturated carbocycles. The molecule has 1 saturated heterocycles. The maximum atomic E-state index is 13.2. The van der Waals surface area contributed by atoms with E-state index in [1.165, 1.54) is 17.5 Å². The molecule has 3 aromatic rings. The molecule has 0 spiro atoms. The largest absolute Gasteiger partial charge is 0.370 e. The van der Waals surface area contributed by atoms with E-state index in [0.29, 0.717) is 34.2 Å². The zero-order valence-corrected chi connectivity index (χ0v) is 19.2. The van der Waals surface area contributed by atoms with Crippen LogP contribution in [0.3, 0.4) is 0 Å². The van der Waals surface area contributed by atoms with E-state index < -0.39 is 17.9 Å². The van der Waals surface area contributed by atoms with Gasteiger partial charge in [-0.05, 0) is 48.9 Å². The van der Waals surface area contributed by atoms with Gasteiger partial charge in [0.25, 0.3) is 17.7 Å². The highest BCUT2D eigenvalue weighted by Gasteiger charge is 2.25. The van der Waals surface area contributed by atoms with Crippen LogP contribution in [0.15, 0.2) is 54.9 Å². The number of anilines is 2. The second kappa shape index (κ2) is 10.3. The molecule has 1 aliphatic heterocycles. The maximum Gasteiger partial charge on any atom is 0.262 e. The number of rotatable bonds is 6. The van der Waals surface area contributed by atoms with Gasteiger partial charge in [0.1, 0.15) is 12.6 Å². The Morgan fingerprint density at radius 3 is 2.79 bits per heavy atom. The van der Waals surface area contributed by atoms with Crippen LogP contribution in [0.1, 0.15) is 31.7 Å². The number of carbonyl (C=O) groups is 3. The van der Waals surface area contributed by atoms with Gasteiger partial charge in [0.05, 0.1) is 16.4 Å². The number of ether oxygens (including phenoxy) is 1. The van der Waals surface area contributed by atoms with Crippen molar-refractivity contribution in [2.45, 2.75) is 13.0 Å². The van der Waals surface area contributed by atoms with Crippen molar-refractivity contribution in [2.24, 2.45) is 0 Å². The standard InChI is InChI=1S/C25H22N4O4S/c1-3-19-7-9-21(34-19)24(31)28-23(17-5-4-10-26-14-17)25(32)27-18-6-8-20(16(2)13-18)29-11-12-33-15-22(29)30/h1,4-10,13-14,23H,11-12,15H2,2H3,(H,27,32)(H,28,31). The number of morpholine rings is 1. The second-order valence-electron chi connectivity index (χ2n) is 7.59. The summed E-state index contributed by atoms with van der Waals surface area (Å²) in [6.45, 7) is 2.87. The monoisotopic (exact) mass is 474 g/mol. The van der Waals surface area contributed by atoms with Crippen LogP contribution in [0.25, 0.3) is 0 Å². The highest BCUT2D eigenvalue weighted by Crippen LogP contribution is 2.26. The van der Waals surface area contributed by atoms with Crippen molar-refractivity contribution in [1.82, 2.24) is 10.3 Å². The first-order valence-corrected chi connectivity index (χ1v) is 11.3. The molecule has 2 N–H and O–H groups in total. The molecule has 1 aliphatic rings. The Bertz CT molecular complexity index is 1270. The quantitative estimate of drug-likeness (QED) is 0.535. The van der Waals surface area contributed by atoms with Gasteiger partial charge in [-0.25, -0.2) is 0 Å². The average Bonchev–Trinajstić information content (AvgIpc) is 3.33. The van der Waals surface area contributed by atoms with Crippen molar-refractivity contribution in [2.75, 3.05) is 30.0 Å². The van der Waals surface area contributed by atoms with Crippen LogP contribution in [0.4, 0.5) is 11.4 Å². The highest BCUT2D eigenvalue weighted by molar-refractivity contribution is 7.14. The van der Waals surface area contributed by atoms with Crippen LogP contribution >= 0.6 is 11.3 Å². The van der Waals surface area contributed by atoms with Crippen molar-refractivity contribution >= 4 is 40.4 Å². The molecule has 1 atom stereocenters. The van der Waals surface area contributed by atoms with Gasteiger partial charge in [0.15, 0.2) is 0 Å². The molecule has 4 rings (SSSR count). The van der Waals surface area contributed by atoms with E-state index in [4.69, 9.17) is 11.2 Å². The van der Waals surface area contributed by atoms with Crippen LogP contribution < -0.4 is 15.5 Å². The third kappa shape index (κ3) is 5.14. The Morgan fingerprint density at radius 2 is 2.12 bits per heavy atom. The third-order valence-corrected chi connectivity index (χ3v) is 6.28. The predicted octanol–water partition coefficient (Wildman–Crippen LogP) is 2.91. The third-order valence-electron chi connectivity index (χ3n) is 5.27. The highest BCUT2D eigenvalue weighted by atomic mass is 32.1. The Kier molecular flexibility index (Phi) is 7.01. The van der Waals surface area contributed by atoms with Crippen LogP contribution in [0, 0.1) is 19.3 Å². The lowest BCUT2D eigenvalue weighted by Crippen LogP contribution is -2.42. The molecule has 1 unspecified atom stereocenters. The second-order valence-corrected chi connectivity index (χ2v) is 8.67. The first-order valence-electron chi connectivity index (χ1n) is 10.5.